The van der Waals surface area contributed by atoms with Crippen LogP contribution in [0.15, 0.2) is 11.2 Å². The number of rotatable bonds is 2. The number of hydrogen-bond donors (Lipinski definition) is 3. The molecule has 0 saturated heterocycles. The summed E-state index contributed by atoms with van der Waals surface area (Å²) >= 11 is 1.47. The van der Waals surface area contributed by atoms with Crippen molar-refractivity contribution in [3.63, 3.8) is 0 Å². The van der Waals surface area contributed by atoms with Gasteiger partial charge in [0, 0.05) is 6.20 Å². The zero-order valence-corrected chi connectivity index (χ0v) is 4.96. The quantitative estimate of drug-likeness (QED) is 0.341. The Balaban J connectivity index is 3.38. The Hall–Kier alpha value is -0.350. The van der Waals surface area contributed by atoms with E-state index in [9.17, 15) is 0 Å². The maximum Gasteiger partial charge on any atom is 0.0977 e. The molecule has 42 valence electrons. The maximum absolute atomic E-state index is 5.07. The Morgan fingerprint density at radius 3 is 2.43 bits per heavy atom. The molecular formula is C3H9N3S. The van der Waals surface area contributed by atoms with Gasteiger partial charge in [0.2, 0.25) is 0 Å². The van der Waals surface area contributed by atoms with E-state index in [-0.39, 0.29) is 0 Å². The minimum absolute atomic E-state index is 0.778. The van der Waals surface area contributed by atoms with Crippen molar-refractivity contribution in [2.24, 2.45) is 11.6 Å². The van der Waals surface area contributed by atoms with Gasteiger partial charge in [0.1, 0.15) is 0 Å². The molecule has 0 aliphatic rings. The standard InChI is InChI=1S/C3H9N3S/c1-7-3(2-4)6-5/h2,6H,4-5H2,1H3/b3-2+. The zero-order valence-electron chi connectivity index (χ0n) is 4.14. The van der Waals surface area contributed by atoms with Crippen LogP contribution in [0.25, 0.3) is 0 Å². The molecule has 0 radical (unpaired) electrons. The van der Waals surface area contributed by atoms with E-state index < -0.39 is 0 Å². The predicted octanol–water partition coefficient (Wildman–Crippen LogP) is -0.430. The van der Waals surface area contributed by atoms with Gasteiger partial charge in [-0.25, -0.2) is 5.84 Å². The summed E-state index contributed by atoms with van der Waals surface area (Å²) in [5.74, 6) is 4.97. The third kappa shape index (κ3) is 2.36. The molecule has 0 aromatic carbocycles. The maximum atomic E-state index is 5.07. The Bertz CT molecular complexity index is 64.6. The van der Waals surface area contributed by atoms with Crippen molar-refractivity contribution in [2.45, 2.75) is 0 Å². The predicted molar refractivity (Wildman–Crippen MR) is 33.1 cm³/mol. The van der Waals surface area contributed by atoms with E-state index in [1.165, 1.54) is 18.0 Å². The van der Waals surface area contributed by atoms with Gasteiger partial charge in [0.15, 0.2) is 0 Å². The summed E-state index contributed by atoms with van der Waals surface area (Å²) < 4.78 is 0. The van der Waals surface area contributed by atoms with Crippen LogP contribution in [0, 0.1) is 0 Å². The molecule has 5 N–H and O–H groups in total. The van der Waals surface area contributed by atoms with Gasteiger partial charge in [-0.05, 0) is 6.26 Å². The van der Waals surface area contributed by atoms with Gasteiger partial charge >= 0.3 is 0 Å². The first-order chi connectivity index (χ1) is 3.35. The number of thioether (sulfide) groups is 1. The second kappa shape index (κ2) is 3.83. The smallest absolute Gasteiger partial charge is 0.0977 e. The van der Waals surface area contributed by atoms with E-state index in [4.69, 9.17) is 11.6 Å². The lowest BCUT2D eigenvalue weighted by Gasteiger charge is -1.96. The molecule has 0 unspecified atom stereocenters. The summed E-state index contributed by atoms with van der Waals surface area (Å²) in [4.78, 5) is 0. The van der Waals surface area contributed by atoms with Crippen LogP contribution in [0.4, 0.5) is 0 Å². The van der Waals surface area contributed by atoms with Gasteiger partial charge in [-0.1, -0.05) is 0 Å². The van der Waals surface area contributed by atoms with Crippen molar-refractivity contribution >= 4 is 11.8 Å². The summed E-state index contributed by atoms with van der Waals surface area (Å²) in [5, 5.41) is 0.778. The fourth-order valence-corrected chi connectivity index (χ4v) is 0.429. The van der Waals surface area contributed by atoms with Crippen molar-refractivity contribution in [2.75, 3.05) is 6.26 Å². The molecule has 0 amide bonds. The second-order valence-corrected chi connectivity index (χ2v) is 1.73. The number of nitrogens with one attached hydrogen (secondary N) is 1. The topological polar surface area (TPSA) is 64.1 Å². The molecule has 3 nitrogen and oxygen atoms in total. The molecule has 7 heavy (non-hydrogen) atoms. The van der Waals surface area contributed by atoms with Crippen LogP contribution in [0.5, 0.6) is 0 Å². The highest BCUT2D eigenvalue weighted by atomic mass is 32.2. The van der Waals surface area contributed by atoms with Gasteiger partial charge in [0.05, 0.1) is 5.03 Å². The first-order valence-corrected chi connectivity index (χ1v) is 3.00. The van der Waals surface area contributed by atoms with Crippen LogP contribution in [0.1, 0.15) is 0 Å². The largest absolute Gasteiger partial charge is 0.402 e. The van der Waals surface area contributed by atoms with Crippen LogP contribution in [-0.4, -0.2) is 6.26 Å². The average molecular weight is 119 g/mol. The van der Waals surface area contributed by atoms with Crippen molar-refractivity contribution in [1.82, 2.24) is 5.43 Å². The highest BCUT2D eigenvalue weighted by Crippen LogP contribution is 2.01. The number of hydrogen-bond acceptors (Lipinski definition) is 4. The highest BCUT2D eigenvalue weighted by Gasteiger charge is 1.81. The lowest BCUT2D eigenvalue weighted by molar-refractivity contribution is 0.945. The third-order valence-corrected chi connectivity index (χ3v) is 1.21. The monoisotopic (exact) mass is 119 g/mol. The Labute approximate surface area is 47.1 Å². The molecule has 0 spiro atoms. The summed E-state index contributed by atoms with van der Waals surface area (Å²) in [5.41, 5.74) is 7.47. The van der Waals surface area contributed by atoms with E-state index in [0.29, 0.717) is 0 Å². The van der Waals surface area contributed by atoms with Gasteiger partial charge in [-0.15, -0.1) is 11.8 Å². The van der Waals surface area contributed by atoms with Crippen molar-refractivity contribution in [3.8, 4) is 0 Å². The number of nitrogens with two attached hydrogens (primary N) is 2. The van der Waals surface area contributed by atoms with Crippen LogP contribution in [0.3, 0.4) is 0 Å². The van der Waals surface area contributed by atoms with E-state index in [0.717, 1.165) is 5.03 Å². The van der Waals surface area contributed by atoms with Crippen molar-refractivity contribution in [1.29, 1.82) is 0 Å². The van der Waals surface area contributed by atoms with E-state index in [1.807, 2.05) is 6.26 Å². The molecule has 4 heteroatoms. The van der Waals surface area contributed by atoms with E-state index in [1.54, 1.807) is 0 Å². The molecule has 0 aromatic rings. The van der Waals surface area contributed by atoms with Crippen LogP contribution < -0.4 is 17.0 Å². The van der Waals surface area contributed by atoms with Gasteiger partial charge in [0.25, 0.3) is 0 Å². The Morgan fingerprint density at radius 2 is 2.43 bits per heavy atom. The SMILES string of the molecule is CS/C(=C/N)NN. The summed E-state index contributed by atoms with van der Waals surface area (Å²) in [6.45, 7) is 0. The molecular weight excluding hydrogens is 110 g/mol. The summed E-state index contributed by atoms with van der Waals surface area (Å²) in [7, 11) is 0. The summed E-state index contributed by atoms with van der Waals surface area (Å²) in [6, 6.07) is 0. The normalized spacial score (nSPS) is 11.4. The second-order valence-electron chi connectivity index (χ2n) is 0.879. The lowest BCUT2D eigenvalue weighted by Crippen LogP contribution is -2.19. The summed E-state index contributed by atoms with van der Waals surface area (Å²) in [6.07, 6.45) is 3.31. The van der Waals surface area contributed by atoms with E-state index in [2.05, 4.69) is 5.43 Å². The molecule has 0 aliphatic carbocycles. The molecule has 0 rings (SSSR count). The molecule has 0 fully saturated rings. The number of hydrazine groups is 1. The minimum atomic E-state index is 0.778. The van der Waals surface area contributed by atoms with Crippen molar-refractivity contribution in [3.05, 3.63) is 11.2 Å². The van der Waals surface area contributed by atoms with Crippen LogP contribution in [0.2, 0.25) is 0 Å². The van der Waals surface area contributed by atoms with E-state index >= 15 is 0 Å². The van der Waals surface area contributed by atoms with Gasteiger partial charge < -0.3 is 11.2 Å². The third-order valence-electron chi connectivity index (χ3n) is 0.514. The van der Waals surface area contributed by atoms with Gasteiger partial charge in [-0.2, -0.15) is 0 Å². The van der Waals surface area contributed by atoms with Gasteiger partial charge in [-0.3, -0.25) is 0 Å². The first-order valence-electron chi connectivity index (χ1n) is 1.77. The van der Waals surface area contributed by atoms with Crippen LogP contribution >= 0.6 is 11.8 Å². The molecule has 0 aromatic heterocycles. The highest BCUT2D eigenvalue weighted by molar-refractivity contribution is 8.02. The molecule has 0 heterocycles. The minimum Gasteiger partial charge on any atom is -0.402 e. The molecule has 0 atom stereocenters. The Morgan fingerprint density at radius 1 is 1.86 bits per heavy atom. The van der Waals surface area contributed by atoms with Crippen molar-refractivity contribution < 1.29 is 0 Å². The zero-order chi connectivity index (χ0) is 5.70. The molecule has 0 aliphatic heterocycles. The molecule has 0 saturated carbocycles. The fourth-order valence-electron chi connectivity index (χ4n) is 0.175. The average Bonchev–Trinajstić information content (AvgIpc) is 1.72. The first kappa shape index (κ1) is 6.65. The Kier molecular flexibility index (Phi) is 3.64. The lowest BCUT2D eigenvalue weighted by atomic mass is 10.9. The van der Waals surface area contributed by atoms with Crippen LogP contribution in [-0.2, 0) is 0 Å². The molecule has 0 bridgehead atoms. The fraction of sp³-hybridized carbons (Fsp3) is 0.333.